The van der Waals surface area contributed by atoms with E-state index in [1.165, 1.54) is 48.9 Å². The van der Waals surface area contributed by atoms with Crippen molar-refractivity contribution in [1.82, 2.24) is 15.1 Å². The molecule has 1 saturated heterocycles. The maximum absolute atomic E-state index is 3.63. The van der Waals surface area contributed by atoms with Crippen molar-refractivity contribution in [2.45, 2.75) is 26.3 Å². The van der Waals surface area contributed by atoms with Crippen LogP contribution in [0.4, 0.5) is 0 Å². The zero-order valence-corrected chi connectivity index (χ0v) is 13.3. The molecule has 2 rings (SSSR count). The minimum absolute atomic E-state index is 0.492. The fourth-order valence-corrected chi connectivity index (χ4v) is 3.38. The molecule has 1 aromatic rings. The molecule has 108 valence electrons. The van der Waals surface area contributed by atoms with Gasteiger partial charge in [0, 0.05) is 42.0 Å². The maximum atomic E-state index is 3.63. The van der Waals surface area contributed by atoms with Gasteiger partial charge in [-0.1, -0.05) is 0 Å². The smallest absolute Gasteiger partial charge is 0.0386 e. The summed E-state index contributed by atoms with van der Waals surface area (Å²) in [6.07, 6.45) is 1.25. The Morgan fingerprint density at radius 3 is 2.63 bits per heavy atom. The van der Waals surface area contributed by atoms with Crippen molar-refractivity contribution in [2.75, 3.05) is 46.3 Å². The number of rotatable bonds is 6. The molecule has 1 aliphatic rings. The Kier molecular flexibility index (Phi) is 5.82. The highest BCUT2D eigenvalue weighted by molar-refractivity contribution is 7.12. The molecule has 3 nitrogen and oxygen atoms in total. The van der Waals surface area contributed by atoms with Gasteiger partial charge in [0.25, 0.3) is 0 Å². The zero-order valence-electron chi connectivity index (χ0n) is 12.5. The van der Waals surface area contributed by atoms with Crippen LogP contribution >= 0.6 is 11.3 Å². The SMILES string of the molecule is Cc1ccc(C(C)NCCCN2CCN(C)CC2)s1. The second-order valence-corrected chi connectivity index (χ2v) is 6.94. The lowest BCUT2D eigenvalue weighted by Gasteiger charge is -2.32. The summed E-state index contributed by atoms with van der Waals surface area (Å²) < 4.78 is 0. The topological polar surface area (TPSA) is 18.5 Å². The van der Waals surface area contributed by atoms with Crippen molar-refractivity contribution in [3.63, 3.8) is 0 Å². The van der Waals surface area contributed by atoms with Gasteiger partial charge in [-0.05, 0) is 52.5 Å². The first-order valence-electron chi connectivity index (χ1n) is 7.36. The van der Waals surface area contributed by atoms with E-state index in [0.717, 1.165) is 6.54 Å². The maximum Gasteiger partial charge on any atom is 0.0386 e. The van der Waals surface area contributed by atoms with E-state index < -0.39 is 0 Å². The second-order valence-electron chi connectivity index (χ2n) is 5.62. The molecule has 1 N–H and O–H groups in total. The first-order valence-corrected chi connectivity index (χ1v) is 8.17. The molecular formula is C15H27N3S. The van der Waals surface area contributed by atoms with Crippen LogP contribution in [0.5, 0.6) is 0 Å². The Bertz CT molecular complexity index is 369. The number of thiophene rings is 1. The average molecular weight is 281 g/mol. The molecule has 0 amide bonds. The van der Waals surface area contributed by atoms with Gasteiger partial charge in [-0.15, -0.1) is 11.3 Å². The molecular weight excluding hydrogens is 254 g/mol. The van der Waals surface area contributed by atoms with Crippen molar-refractivity contribution in [2.24, 2.45) is 0 Å². The fourth-order valence-electron chi connectivity index (χ4n) is 2.48. The van der Waals surface area contributed by atoms with Crippen LogP contribution in [0.25, 0.3) is 0 Å². The van der Waals surface area contributed by atoms with E-state index in [-0.39, 0.29) is 0 Å². The Morgan fingerprint density at radius 1 is 1.26 bits per heavy atom. The van der Waals surface area contributed by atoms with Crippen LogP contribution in [-0.2, 0) is 0 Å². The van der Waals surface area contributed by atoms with Crippen LogP contribution in [0.1, 0.15) is 29.1 Å². The van der Waals surface area contributed by atoms with Gasteiger partial charge in [0.15, 0.2) is 0 Å². The summed E-state index contributed by atoms with van der Waals surface area (Å²) in [5, 5.41) is 3.63. The lowest BCUT2D eigenvalue weighted by atomic mass is 10.2. The van der Waals surface area contributed by atoms with Crippen LogP contribution in [0.2, 0.25) is 0 Å². The Labute approximate surface area is 121 Å². The molecule has 1 atom stereocenters. The molecule has 0 saturated carbocycles. The first-order chi connectivity index (χ1) is 9.15. The molecule has 2 heterocycles. The molecule has 1 unspecified atom stereocenters. The summed E-state index contributed by atoms with van der Waals surface area (Å²) in [6.45, 7) is 11.7. The number of hydrogen-bond acceptors (Lipinski definition) is 4. The van der Waals surface area contributed by atoms with Crippen molar-refractivity contribution in [1.29, 1.82) is 0 Å². The number of piperazine rings is 1. The summed E-state index contributed by atoms with van der Waals surface area (Å²) in [7, 11) is 2.21. The molecule has 0 bridgehead atoms. The summed E-state index contributed by atoms with van der Waals surface area (Å²) in [6, 6.07) is 4.95. The van der Waals surface area contributed by atoms with Gasteiger partial charge in [-0.2, -0.15) is 0 Å². The van der Waals surface area contributed by atoms with Crippen LogP contribution in [0.3, 0.4) is 0 Å². The van der Waals surface area contributed by atoms with Gasteiger partial charge >= 0.3 is 0 Å². The second kappa shape index (κ2) is 7.39. The highest BCUT2D eigenvalue weighted by Gasteiger charge is 2.13. The molecule has 0 radical (unpaired) electrons. The monoisotopic (exact) mass is 281 g/mol. The van der Waals surface area contributed by atoms with E-state index in [2.05, 4.69) is 48.1 Å². The first kappa shape index (κ1) is 15.0. The molecule has 1 aliphatic heterocycles. The van der Waals surface area contributed by atoms with E-state index in [1.807, 2.05) is 11.3 Å². The van der Waals surface area contributed by atoms with Gasteiger partial charge in [-0.3, -0.25) is 0 Å². The van der Waals surface area contributed by atoms with Crippen LogP contribution in [0, 0.1) is 6.92 Å². The van der Waals surface area contributed by atoms with E-state index >= 15 is 0 Å². The number of aryl methyl sites for hydroxylation is 1. The Hall–Kier alpha value is -0.420. The van der Waals surface area contributed by atoms with Crippen LogP contribution < -0.4 is 5.32 Å². The van der Waals surface area contributed by atoms with Crippen LogP contribution in [0.15, 0.2) is 12.1 Å². The number of hydrogen-bond donors (Lipinski definition) is 1. The third kappa shape index (κ3) is 4.88. The van der Waals surface area contributed by atoms with Crippen molar-refractivity contribution < 1.29 is 0 Å². The van der Waals surface area contributed by atoms with Crippen molar-refractivity contribution >= 4 is 11.3 Å². The van der Waals surface area contributed by atoms with Crippen molar-refractivity contribution in [3.8, 4) is 0 Å². The van der Waals surface area contributed by atoms with E-state index in [9.17, 15) is 0 Å². The Morgan fingerprint density at radius 2 is 2.00 bits per heavy atom. The number of likely N-dealkylation sites (N-methyl/N-ethyl adjacent to an activating group) is 1. The normalized spacial score (nSPS) is 19.7. The minimum Gasteiger partial charge on any atom is -0.309 e. The molecule has 1 aromatic heterocycles. The lowest BCUT2D eigenvalue weighted by Crippen LogP contribution is -2.45. The molecule has 1 fully saturated rings. The minimum atomic E-state index is 0.492. The van der Waals surface area contributed by atoms with Gasteiger partial charge < -0.3 is 15.1 Å². The zero-order chi connectivity index (χ0) is 13.7. The van der Waals surface area contributed by atoms with E-state index in [4.69, 9.17) is 0 Å². The number of nitrogens with one attached hydrogen (secondary N) is 1. The predicted octanol–water partition coefficient (Wildman–Crippen LogP) is 2.34. The molecule has 19 heavy (non-hydrogen) atoms. The van der Waals surface area contributed by atoms with Gasteiger partial charge in [0.1, 0.15) is 0 Å². The summed E-state index contributed by atoms with van der Waals surface area (Å²) >= 11 is 1.90. The summed E-state index contributed by atoms with van der Waals surface area (Å²) in [5.41, 5.74) is 0. The predicted molar refractivity (Wildman–Crippen MR) is 84.0 cm³/mol. The van der Waals surface area contributed by atoms with Crippen LogP contribution in [-0.4, -0.2) is 56.1 Å². The highest BCUT2D eigenvalue weighted by Crippen LogP contribution is 2.22. The molecule has 0 spiro atoms. The highest BCUT2D eigenvalue weighted by atomic mass is 32.1. The van der Waals surface area contributed by atoms with E-state index in [0.29, 0.717) is 6.04 Å². The molecule has 0 aliphatic carbocycles. The van der Waals surface area contributed by atoms with Gasteiger partial charge in [0.05, 0.1) is 0 Å². The van der Waals surface area contributed by atoms with E-state index in [1.54, 1.807) is 0 Å². The largest absolute Gasteiger partial charge is 0.309 e. The van der Waals surface area contributed by atoms with Gasteiger partial charge in [-0.25, -0.2) is 0 Å². The van der Waals surface area contributed by atoms with Crippen molar-refractivity contribution in [3.05, 3.63) is 21.9 Å². The third-order valence-corrected chi connectivity index (χ3v) is 5.07. The molecule has 0 aromatic carbocycles. The Balaban J connectivity index is 1.59. The number of nitrogens with zero attached hydrogens (tertiary/aromatic N) is 2. The quantitative estimate of drug-likeness (QED) is 0.808. The summed E-state index contributed by atoms with van der Waals surface area (Å²) in [5.74, 6) is 0. The third-order valence-electron chi connectivity index (χ3n) is 3.89. The standard InChI is InChI=1S/C15H27N3S/c1-13-5-6-15(19-13)14(2)16-7-4-8-18-11-9-17(3)10-12-18/h5-6,14,16H,4,7-12H2,1-3H3. The molecule has 4 heteroatoms. The lowest BCUT2D eigenvalue weighted by molar-refractivity contribution is 0.152. The fraction of sp³-hybridized carbons (Fsp3) is 0.733. The summed E-state index contributed by atoms with van der Waals surface area (Å²) in [4.78, 5) is 7.86. The average Bonchev–Trinajstić information content (AvgIpc) is 2.83. The van der Waals surface area contributed by atoms with Gasteiger partial charge in [0.2, 0.25) is 0 Å².